The van der Waals surface area contributed by atoms with Gasteiger partial charge in [-0.3, -0.25) is 9.59 Å². The summed E-state index contributed by atoms with van der Waals surface area (Å²) in [6.07, 6.45) is 2.31. The molecule has 0 aliphatic carbocycles. The zero-order chi connectivity index (χ0) is 17.8. The number of hydrogen-bond acceptors (Lipinski definition) is 3. The average molecular weight is 358 g/mol. The van der Waals surface area contributed by atoms with E-state index in [9.17, 15) is 14.0 Å². The molecule has 0 unspecified atom stereocenters. The SMILES string of the molecule is CSc1ccccc1C(=O)NC[C@H]1CC(=O)N(c2ccc(F)cc2)C1. The molecule has 2 amide bonds. The van der Waals surface area contributed by atoms with E-state index in [1.165, 1.54) is 23.9 Å². The number of rotatable bonds is 5. The Bertz CT molecular complexity index is 779. The van der Waals surface area contributed by atoms with Gasteiger partial charge in [-0.25, -0.2) is 4.39 Å². The van der Waals surface area contributed by atoms with E-state index in [4.69, 9.17) is 0 Å². The fourth-order valence-electron chi connectivity index (χ4n) is 2.95. The minimum Gasteiger partial charge on any atom is -0.352 e. The Hall–Kier alpha value is -2.34. The van der Waals surface area contributed by atoms with Crippen molar-refractivity contribution < 1.29 is 14.0 Å². The van der Waals surface area contributed by atoms with Crippen LogP contribution in [-0.4, -0.2) is 31.2 Å². The van der Waals surface area contributed by atoms with E-state index in [1.807, 2.05) is 24.5 Å². The normalized spacial score (nSPS) is 17.0. The molecule has 0 bridgehead atoms. The topological polar surface area (TPSA) is 49.4 Å². The van der Waals surface area contributed by atoms with Crippen LogP contribution in [0, 0.1) is 11.7 Å². The number of carbonyl (C=O) groups excluding carboxylic acids is 2. The molecule has 25 heavy (non-hydrogen) atoms. The maximum absolute atomic E-state index is 13.0. The number of hydrogen-bond donors (Lipinski definition) is 1. The summed E-state index contributed by atoms with van der Waals surface area (Å²) >= 11 is 1.53. The summed E-state index contributed by atoms with van der Waals surface area (Å²) in [7, 11) is 0. The van der Waals surface area contributed by atoms with E-state index < -0.39 is 0 Å². The lowest BCUT2D eigenvalue weighted by molar-refractivity contribution is -0.117. The van der Waals surface area contributed by atoms with Gasteiger partial charge >= 0.3 is 0 Å². The van der Waals surface area contributed by atoms with Crippen molar-refractivity contribution in [2.75, 3.05) is 24.2 Å². The lowest BCUT2D eigenvalue weighted by Crippen LogP contribution is -2.31. The first-order valence-electron chi connectivity index (χ1n) is 8.05. The number of halogens is 1. The van der Waals surface area contributed by atoms with Gasteiger partial charge in [0.05, 0.1) is 5.56 Å². The first-order valence-corrected chi connectivity index (χ1v) is 9.28. The van der Waals surface area contributed by atoms with Crippen LogP contribution in [0.4, 0.5) is 10.1 Å². The Balaban J connectivity index is 1.60. The van der Waals surface area contributed by atoms with Crippen molar-refractivity contribution >= 4 is 29.3 Å². The third kappa shape index (κ3) is 4.02. The lowest BCUT2D eigenvalue weighted by Gasteiger charge is -2.17. The van der Waals surface area contributed by atoms with Gasteiger partial charge in [0.1, 0.15) is 5.82 Å². The van der Waals surface area contributed by atoms with E-state index in [2.05, 4.69) is 5.32 Å². The van der Waals surface area contributed by atoms with Crippen molar-refractivity contribution in [3.63, 3.8) is 0 Å². The summed E-state index contributed by atoms with van der Waals surface area (Å²) < 4.78 is 13.0. The second kappa shape index (κ2) is 7.70. The Kier molecular flexibility index (Phi) is 5.38. The van der Waals surface area contributed by atoms with E-state index in [0.717, 1.165) is 4.90 Å². The Morgan fingerprint density at radius 2 is 1.96 bits per heavy atom. The summed E-state index contributed by atoms with van der Waals surface area (Å²) in [6.45, 7) is 0.958. The largest absolute Gasteiger partial charge is 0.352 e. The quantitative estimate of drug-likeness (QED) is 0.834. The first kappa shape index (κ1) is 17.5. The van der Waals surface area contributed by atoms with Crippen LogP contribution in [0.3, 0.4) is 0 Å². The highest BCUT2D eigenvalue weighted by atomic mass is 32.2. The molecule has 1 saturated heterocycles. The molecule has 1 N–H and O–H groups in total. The van der Waals surface area contributed by atoms with Crippen molar-refractivity contribution in [1.29, 1.82) is 0 Å². The number of carbonyl (C=O) groups is 2. The Labute approximate surface area is 150 Å². The highest BCUT2D eigenvalue weighted by molar-refractivity contribution is 7.98. The van der Waals surface area contributed by atoms with Crippen LogP contribution >= 0.6 is 11.8 Å². The van der Waals surface area contributed by atoms with Gasteiger partial charge in [-0.15, -0.1) is 11.8 Å². The summed E-state index contributed by atoms with van der Waals surface area (Å²) in [6, 6.07) is 13.3. The molecule has 130 valence electrons. The summed E-state index contributed by atoms with van der Waals surface area (Å²) in [5.74, 6) is -0.414. The van der Waals surface area contributed by atoms with Crippen LogP contribution in [-0.2, 0) is 4.79 Å². The highest BCUT2D eigenvalue weighted by Crippen LogP contribution is 2.25. The second-order valence-corrected chi connectivity index (χ2v) is 6.81. The molecule has 1 aliphatic rings. The average Bonchev–Trinajstić information content (AvgIpc) is 3.01. The Morgan fingerprint density at radius 1 is 1.24 bits per heavy atom. The fourth-order valence-corrected chi connectivity index (χ4v) is 3.55. The van der Waals surface area contributed by atoms with E-state index in [1.54, 1.807) is 23.1 Å². The van der Waals surface area contributed by atoms with Crippen LogP contribution in [0.5, 0.6) is 0 Å². The van der Waals surface area contributed by atoms with E-state index in [0.29, 0.717) is 30.8 Å². The standard InChI is InChI=1S/C19H19FN2O2S/c1-25-17-5-3-2-4-16(17)19(24)21-11-13-10-18(23)22(12-13)15-8-6-14(20)7-9-15/h2-9,13H,10-12H2,1H3,(H,21,24)/t13-/m1/s1. The number of benzene rings is 2. The monoisotopic (exact) mass is 358 g/mol. The molecule has 2 aromatic rings. The lowest BCUT2D eigenvalue weighted by atomic mass is 10.1. The van der Waals surface area contributed by atoms with Gasteiger partial charge in [-0.2, -0.15) is 0 Å². The van der Waals surface area contributed by atoms with Crippen LogP contribution in [0.25, 0.3) is 0 Å². The predicted octanol–water partition coefficient (Wildman–Crippen LogP) is 3.33. The molecule has 0 spiro atoms. The molecule has 4 nitrogen and oxygen atoms in total. The van der Waals surface area contributed by atoms with Crippen LogP contribution in [0.15, 0.2) is 53.4 Å². The molecule has 0 saturated carbocycles. The van der Waals surface area contributed by atoms with Crippen molar-refractivity contribution in [2.45, 2.75) is 11.3 Å². The molecule has 6 heteroatoms. The molecule has 1 atom stereocenters. The third-order valence-electron chi connectivity index (χ3n) is 4.25. The number of anilines is 1. The zero-order valence-electron chi connectivity index (χ0n) is 13.9. The molecule has 3 rings (SSSR count). The number of thioether (sulfide) groups is 1. The van der Waals surface area contributed by atoms with Crippen molar-refractivity contribution in [2.24, 2.45) is 5.92 Å². The fraction of sp³-hybridized carbons (Fsp3) is 0.263. The van der Waals surface area contributed by atoms with Gasteiger partial charge in [0.15, 0.2) is 0 Å². The minimum atomic E-state index is -0.327. The number of nitrogens with zero attached hydrogens (tertiary/aromatic N) is 1. The van der Waals surface area contributed by atoms with Gasteiger partial charge < -0.3 is 10.2 Å². The van der Waals surface area contributed by atoms with E-state index >= 15 is 0 Å². The third-order valence-corrected chi connectivity index (χ3v) is 5.04. The summed E-state index contributed by atoms with van der Waals surface area (Å²) in [5, 5.41) is 2.93. The van der Waals surface area contributed by atoms with Gasteiger partial charge in [-0.1, -0.05) is 12.1 Å². The highest BCUT2D eigenvalue weighted by Gasteiger charge is 2.30. The molecule has 2 aromatic carbocycles. The molecular formula is C19H19FN2O2S. The smallest absolute Gasteiger partial charge is 0.252 e. The van der Waals surface area contributed by atoms with Crippen molar-refractivity contribution in [3.05, 3.63) is 59.9 Å². The van der Waals surface area contributed by atoms with Crippen LogP contribution in [0.1, 0.15) is 16.8 Å². The molecule has 0 radical (unpaired) electrons. The van der Waals surface area contributed by atoms with Crippen LogP contribution in [0.2, 0.25) is 0 Å². The van der Waals surface area contributed by atoms with Gasteiger partial charge in [0.2, 0.25) is 5.91 Å². The predicted molar refractivity (Wildman–Crippen MR) is 97.4 cm³/mol. The molecule has 1 aliphatic heterocycles. The molecule has 1 fully saturated rings. The molecular weight excluding hydrogens is 339 g/mol. The molecule has 0 aromatic heterocycles. The summed E-state index contributed by atoms with van der Waals surface area (Å²) in [4.78, 5) is 27.2. The maximum atomic E-state index is 13.0. The van der Waals surface area contributed by atoms with E-state index in [-0.39, 0.29) is 23.5 Å². The molecule has 1 heterocycles. The van der Waals surface area contributed by atoms with Crippen LogP contribution < -0.4 is 10.2 Å². The number of amides is 2. The maximum Gasteiger partial charge on any atom is 0.252 e. The van der Waals surface area contributed by atoms with Gasteiger partial charge in [0.25, 0.3) is 5.91 Å². The zero-order valence-corrected chi connectivity index (χ0v) is 14.7. The first-order chi connectivity index (χ1) is 12.1. The second-order valence-electron chi connectivity index (χ2n) is 5.96. The minimum absolute atomic E-state index is 0.00429. The van der Waals surface area contributed by atoms with Gasteiger partial charge in [-0.05, 0) is 42.7 Å². The summed E-state index contributed by atoms with van der Waals surface area (Å²) in [5.41, 5.74) is 1.34. The Morgan fingerprint density at radius 3 is 2.68 bits per heavy atom. The van der Waals surface area contributed by atoms with Crippen molar-refractivity contribution in [3.8, 4) is 0 Å². The number of nitrogens with one attached hydrogen (secondary N) is 1. The van der Waals surface area contributed by atoms with Gasteiger partial charge in [0, 0.05) is 36.0 Å². The van der Waals surface area contributed by atoms with Crippen molar-refractivity contribution in [1.82, 2.24) is 5.32 Å².